The van der Waals surface area contributed by atoms with Gasteiger partial charge in [0.05, 0.1) is 6.21 Å². The molecule has 0 atom stereocenters. The zero-order valence-corrected chi connectivity index (χ0v) is 13.8. The van der Waals surface area contributed by atoms with Crippen molar-refractivity contribution in [2.45, 2.75) is 0 Å². The van der Waals surface area contributed by atoms with Crippen molar-refractivity contribution in [1.29, 1.82) is 0 Å². The Kier molecular flexibility index (Phi) is 5.82. The van der Waals surface area contributed by atoms with Gasteiger partial charge in [-0.2, -0.15) is 5.10 Å². The zero-order chi connectivity index (χ0) is 16.7. The first kappa shape index (κ1) is 16.6. The van der Waals surface area contributed by atoms with Gasteiger partial charge in [-0.1, -0.05) is 58.4 Å². The van der Waals surface area contributed by atoms with Gasteiger partial charge in [0.15, 0.2) is 5.78 Å². The van der Waals surface area contributed by atoms with Crippen molar-refractivity contribution in [2.75, 3.05) is 0 Å². The third kappa shape index (κ3) is 5.52. The number of nitrogens with two attached hydrogens (primary N) is 2. The fraction of sp³-hybridized carbons (Fsp3) is 0. The second-order valence-corrected chi connectivity index (χ2v) is 5.56. The molecular weight excluding hydrogens is 356 g/mol. The largest absolute Gasteiger partial charge is 0.369 e. The van der Waals surface area contributed by atoms with E-state index in [9.17, 15) is 4.79 Å². The lowest BCUT2D eigenvalue weighted by Gasteiger charge is -1.97. The van der Waals surface area contributed by atoms with Crippen LogP contribution in [0.4, 0.5) is 0 Å². The van der Waals surface area contributed by atoms with Crippen molar-refractivity contribution in [3.8, 4) is 0 Å². The topological polar surface area (TPSA) is 93.8 Å². The van der Waals surface area contributed by atoms with Gasteiger partial charge in [-0.25, -0.2) is 0 Å². The first-order valence-electron chi connectivity index (χ1n) is 6.74. The summed E-state index contributed by atoms with van der Waals surface area (Å²) in [6.45, 7) is 0. The van der Waals surface area contributed by atoms with Gasteiger partial charge in [-0.05, 0) is 29.3 Å². The van der Waals surface area contributed by atoms with Crippen LogP contribution in [0.25, 0.3) is 6.08 Å². The molecular formula is C17H15BrN4O. The van der Waals surface area contributed by atoms with E-state index in [1.54, 1.807) is 30.5 Å². The van der Waals surface area contributed by atoms with Crippen LogP contribution in [0.3, 0.4) is 0 Å². The van der Waals surface area contributed by atoms with E-state index < -0.39 is 0 Å². The third-order valence-electron chi connectivity index (χ3n) is 2.85. The molecule has 2 rings (SSSR count). The van der Waals surface area contributed by atoms with Crippen LogP contribution in [0.5, 0.6) is 0 Å². The van der Waals surface area contributed by atoms with Crippen LogP contribution in [0.1, 0.15) is 21.5 Å². The summed E-state index contributed by atoms with van der Waals surface area (Å²) in [6, 6.07) is 14.7. The summed E-state index contributed by atoms with van der Waals surface area (Å²) in [7, 11) is 0. The molecule has 0 saturated heterocycles. The average molecular weight is 371 g/mol. The Balaban J connectivity index is 2.04. The van der Waals surface area contributed by atoms with Crippen molar-refractivity contribution in [3.63, 3.8) is 0 Å². The summed E-state index contributed by atoms with van der Waals surface area (Å²) in [6.07, 6.45) is 4.85. The van der Waals surface area contributed by atoms with Gasteiger partial charge in [0.2, 0.25) is 5.96 Å². The van der Waals surface area contributed by atoms with Crippen LogP contribution in [-0.2, 0) is 0 Å². The molecule has 0 aromatic heterocycles. The third-order valence-corrected chi connectivity index (χ3v) is 3.35. The van der Waals surface area contributed by atoms with Gasteiger partial charge in [0, 0.05) is 10.0 Å². The van der Waals surface area contributed by atoms with Crippen molar-refractivity contribution < 1.29 is 4.79 Å². The highest BCUT2D eigenvalue weighted by atomic mass is 79.9. The Morgan fingerprint density at radius 2 is 1.74 bits per heavy atom. The first-order valence-corrected chi connectivity index (χ1v) is 7.54. The molecule has 0 aliphatic heterocycles. The van der Waals surface area contributed by atoms with Crippen molar-refractivity contribution in [3.05, 3.63) is 75.8 Å². The molecule has 0 aliphatic carbocycles. The number of carbonyl (C=O) groups excluding carboxylic acids is 1. The highest BCUT2D eigenvalue weighted by Gasteiger charge is 2.01. The lowest BCUT2D eigenvalue weighted by atomic mass is 10.1. The molecule has 23 heavy (non-hydrogen) atoms. The molecule has 2 aromatic rings. The van der Waals surface area contributed by atoms with Crippen LogP contribution in [-0.4, -0.2) is 18.0 Å². The predicted octanol–water partition coefficient (Wildman–Crippen LogP) is 2.95. The van der Waals surface area contributed by atoms with Crippen LogP contribution < -0.4 is 11.5 Å². The zero-order valence-electron chi connectivity index (χ0n) is 12.2. The van der Waals surface area contributed by atoms with Gasteiger partial charge in [-0.3, -0.25) is 4.79 Å². The smallest absolute Gasteiger partial charge is 0.211 e. The summed E-state index contributed by atoms with van der Waals surface area (Å²) >= 11 is 3.35. The van der Waals surface area contributed by atoms with Crippen LogP contribution >= 0.6 is 15.9 Å². The number of carbonyl (C=O) groups is 1. The van der Waals surface area contributed by atoms with Crippen molar-refractivity contribution in [2.24, 2.45) is 21.7 Å². The SMILES string of the molecule is NC(N)=N/N=C/c1ccc(/C=C/C(=O)c2cccc(Br)c2)cc1. The summed E-state index contributed by atoms with van der Waals surface area (Å²) in [5, 5.41) is 7.25. The van der Waals surface area contributed by atoms with E-state index in [2.05, 4.69) is 26.1 Å². The maximum Gasteiger partial charge on any atom is 0.211 e. The number of rotatable bonds is 5. The van der Waals surface area contributed by atoms with E-state index in [0.29, 0.717) is 5.56 Å². The van der Waals surface area contributed by atoms with E-state index in [1.165, 1.54) is 0 Å². The number of ketones is 1. The lowest BCUT2D eigenvalue weighted by molar-refractivity contribution is 0.104. The van der Waals surface area contributed by atoms with Crippen molar-refractivity contribution in [1.82, 2.24) is 0 Å². The molecule has 0 saturated carbocycles. The number of benzene rings is 2. The van der Waals surface area contributed by atoms with Gasteiger partial charge in [0.1, 0.15) is 0 Å². The molecule has 0 unspecified atom stereocenters. The number of allylic oxidation sites excluding steroid dienone is 1. The van der Waals surface area contributed by atoms with Gasteiger partial charge in [0.25, 0.3) is 0 Å². The van der Waals surface area contributed by atoms with E-state index in [0.717, 1.165) is 15.6 Å². The Bertz CT molecular complexity index is 775. The lowest BCUT2D eigenvalue weighted by Crippen LogP contribution is -2.21. The number of nitrogens with zero attached hydrogens (tertiary/aromatic N) is 2. The second-order valence-electron chi connectivity index (χ2n) is 4.64. The summed E-state index contributed by atoms with van der Waals surface area (Å²) < 4.78 is 0.876. The Morgan fingerprint density at radius 3 is 2.39 bits per heavy atom. The maximum atomic E-state index is 12.1. The quantitative estimate of drug-likeness (QED) is 0.278. The van der Waals surface area contributed by atoms with E-state index in [4.69, 9.17) is 11.5 Å². The Hall–Kier alpha value is -2.73. The molecule has 0 fully saturated rings. The second kappa shape index (κ2) is 8.05. The first-order chi connectivity index (χ1) is 11.0. The molecule has 6 heteroatoms. The molecule has 2 aromatic carbocycles. The fourth-order valence-corrected chi connectivity index (χ4v) is 2.16. The standard InChI is InChI=1S/C17H15BrN4O/c18-15-3-1-2-14(10-15)16(23)9-8-12-4-6-13(7-5-12)11-21-22-17(19)20/h1-11H,(H4,19,20,22)/b9-8+,21-11+. The molecule has 0 radical (unpaired) electrons. The highest BCUT2D eigenvalue weighted by molar-refractivity contribution is 9.10. The van der Waals surface area contributed by atoms with Gasteiger partial charge < -0.3 is 11.5 Å². The molecule has 116 valence electrons. The van der Waals surface area contributed by atoms with Crippen LogP contribution in [0, 0.1) is 0 Å². The Labute approximate surface area is 142 Å². The Morgan fingerprint density at radius 1 is 1.04 bits per heavy atom. The number of halogens is 1. The van der Waals surface area contributed by atoms with E-state index >= 15 is 0 Å². The van der Waals surface area contributed by atoms with E-state index in [-0.39, 0.29) is 11.7 Å². The van der Waals surface area contributed by atoms with E-state index in [1.807, 2.05) is 36.4 Å². The average Bonchev–Trinajstić information content (AvgIpc) is 2.53. The molecule has 5 nitrogen and oxygen atoms in total. The minimum atomic E-state index is -0.0909. The highest BCUT2D eigenvalue weighted by Crippen LogP contribution is 2.13. The summed E-state index contributed by atoms with van der Waals surface area (Å²) in [4.78, 5) is 12.1. The number of hydrogen-bond donors (Lipinski definition) is 2. The fourth-order valence-electron chi connectivity index (χ4n) is 1.77. The minimum absolute atomic E-state index is 0.0512. The normalized spacial score (nSPS) is 11.0. The molecule has 0 spiro atoms. The monoisotopic (exact) mass is 370 g/mol. The van der Waals surface area contributed by atoms with Gasteiger partial charge in [-0.15, -0.1) is 5.10 Å². The molecule has 0 heterocycles. The molecule has 0 aliphatic rings. The molecule has 4 N–H and O–H groups in total. The minimum Gasteiger partial charge on any atom is -0.369 e. The van der Waals surface area contributed by atoms with Crippen molar-refractivity contribution >= 4 is 40.0 Å². The predicted molar refractivity (Wildman–Crippen MR) is 97.4 cm³/mol. The number of guanidine groups is 1. The van der Waals surface area contributed by atoms with Gasteiger partial charge >= 0.3 is 0 Å². The summed E-state index contributed by atoms with van der Waals surface area (Å²) in [5.41, 5.74) is 12.7. The number of hydrogen-bond acceptors (Lipinski definition) is 3. The molecule has 0 bridgehead atoms. The summed E-state index contributed by atoms with van der Waals surface area (Å²) in [5.74, 6) is -0.142. The molecule has 0 amide bonds. The maximum absolute atomic E-state index is 12.1. The van der Waals surface area contributed by atoms with Crippen LogP contribution in [0.15, 0.2) is 69.3 Å². The van der Waals surface area contributed by atoms with Crippen LogP contribution in [0.2, 0.25) is 0 Å².